The first-order valence-corrected chi connectivity index (χ1v) is 9.46. The zero-order valence-electron chi connectivity index (χ0n) is 16.9. The summed E-state index contributed by atoms with van der Waals surface area (Å²) in [5.41, 5.74) is 1.09. The zero-order valence-corrected chi connectivity index (χ0v) is 16.9. The van der Waals surface area contributed by atoms with Crippen LogP contribution in [0.3, 0.4) is 0 Å². The first-order chi connectivity index (χ1) is 13.5. The predicted octanol–water partition coefficient (Wildman–Crippen LogP) is 3.04. The van der Waals surface area contributed by atoms with E-state index in [0.29, 0.717) is 23.5 Å². The van der Waals surface area contributed by atoms with Gasteiger partial charge in [0.15, 0.2) is 0 Å². The van der Waals surface area contributed by atoms with Crippen molar-refractivity contribution in [3.05, 3.63) is 48.2 Å². The van der Waals surface area contributed by atoms with E-state index < -0.39 is 0 Å². The fraction of sp³-hybridized carbons (Fsp3) is 0.381. The van der Waals surface area contributed by atoms with Gasteiger partial charge >= 0.3 is 0 Å². The van der Waals surface area contributed by atoms with Crippen LogP contribution in [0, 0.1) is 0 Å². The van der Waals surface area contributed by atoms with Gasteiger partial charge in [-0.2, -0.15) is 0 Å². The molecule has 1 aromatic heterocycles. The number of methoxy groups -OCH3 is 1. The van der Waals surface area contributed by atoms with Gasteiger partial charge in [-0.1, -0.05) is 6.07 Å². The highest BCUT2D eigenvalue weighted by molar-refractivity contribution is 5.99. The maximum atomic E-state index is 12.8. The number of hydrogen-bond donors (Lipinski definition) is 1. The van der Waals surface area contributed by atoms with Crippen LogP contribution in [0.15, 0.2) is 42.6 Å². The van der Waals surface area contributed by atoms with E-state index >= 15 is 0 Å². The molecule has 1 heterocycles. The number of anilines is 2. The Morgan fingerprint density at radius 3 is 2.39 bits per heavy atom. The fourth-order valence-corrected chi connectivity index (χ4v) is 2.83. The average molecular weight is 384 g/mol. The number of nitrogens with zero attached hydrogens (tertiary/aromatic N) is 3. The van der Waals surface area contributed by atoms with Crippen molar-refractivity contribution in [3.8, 4) is 5.75 Å². The number of carbonyl (C=O) groups excluding carboxylic acids is 2. The highest BCUT2D eigenvalue weighted by atomic mass is 16.5. The first-order valence-electron chi connectivity index (χ1n) is 9.46. The minimum absolute atomic E-state index is 0.0374. The lowest BCUT2D eigenvalue weighted by atomic mass is 10.2. The number of hydrogen-bond acceptors (Lipinski definition) is 5. The van der Waals surface area contributed by atoms with Crippen LogP contribution in [0.1, 0.15) is 31.1 Å². The van der Waals surface area contributed by atoms with Crippen LogP contribution in [0.5, 0.6) is 5.75 Å². The number of ether oxygens (including phenoxy) is 1. The van der Waals surface area contributed by atoms with Crippen LogP contribution in [-0.4, -0.2) is 55.0 Å². The second kappa shape index (κ2) is 10.3. The number of amides is 2. The maximum Gasteiger partial charge on any atom is 0.255 e. The van der Waals surface area contributed by atoms with Crippen molar-refractivity contribution in [1.29, 1.82) is 0 Å². The van der Waals surface area contributed by atoms with Gasteiger partial charge in [0.25, 0.3) is 5.91 Å². The van der Waals surface area contributed by atoms with E-state index in [9.17, 15) is 9.59 Å². The smallest absolute Gasteiger partial charge is 0.255 e. The van der Waals surface area contributed by atoms with Gasteiger partial charge in [0.05, 0.1) is 12.7 Å². The molecule has 0 atom stereocenters. The van der Waals surface area contributed by atoms with Crippen molar-refractivity contribution in [3.63, 3.8) is 0 Å². The maximum absolute atomic E-state index is 12.8. The molecule has 0 saturated heterocycles. The Morgan fingerprint density at radius 1 is 1.07 bits per heavy atom. The summed E-state index contributed by atoms with van der Waals surface area (Å²) in [5, 5.41) is 2.79. The van der Waals surface area contributed by atoms with Crippen LogP contribution in [0.4, 0.5) is 11.5 Å². The molecular formula is C21H28N4O3. The average Bonchev–Trinajstić information content (AvgIpc) is 2.73. The third-order valence-corrected chi connectivity index (χ3v) is 4.44. The largest absolute Gasteiger partial charge is 0.497 e. The Labute approximate surface area is 166 Å². The number of nitrogens with one attached hydrogen (secondary N) is 1. The molecule has 0 aliphatic heterocycles. The zero-order chi connectivity index (χ0) is 20.5. The van der Waals surface area contributed by atoms with Crippen molar-refractivity contribution in [2.75, 3.05) is 43.5 Å². The lowest BCUT2D eigenvalue weighted by Crippen LogP contribution is -2.38. The molecular weight excluding hydrogens is 356 g/mol. The van der Waals surface area contributed by atoms with E-state index in [1.165, 1.54) is 4.90 Å². The standard InChI is InChI=1S/C21H28N4O3/c1-5-24(6-2)19-12-11-16(14-22-19)21(27)25(7-3)15-20(26)23-17-9-8-10-18(13-17)28-4/h8-14H,5-7,15H2,1-4H3,(H,23,26). The summed E-state index contributed by atoms with van der Waals surface area (Å²) in [7, 11) is 1.57. The van der Waals surface area contributed by atoms with Gasteiger partial charge in [-0.15, -0.1) is 0 Å². The molecule has 0 aliphatic rings. The normalized spacial score (nSPS) is 10.3. The van der Waals surface area contributed by atoms with Crippen molar-refractivity contribution in [2.24, 2.45) is 0 Å². The first kappa shape index (κ1) is 21.2. The summed E-state index contributed by atoms with van der Waals surface area (Å²) in [5.74, 6) is 0.999. The number of benzene rings is 1. The molecule has 150 valence electrons. The van der Waals surface area contributed by atoms with Crippen molar-refractivity contribution < 1.29 is 14.3 Å². The number of rotatable bonds is 9. The molecule has 7 heteroatoms. The topological polar surface area (TPSA) is 74.8 Å². The van der Waals surface area contributed by atoms with Gasteiger partial charge < -0.3 is 19.9 Å². The molecule has 2 rings (SSSR count). The SMILES string of the molecule is CCN(CC(=O)Nc1cccc(OC)c1)C(=O)c1ccc(N(CC)CC)nc1. The molecule has 7 nitrogen and oxygen atoms in total. The van der Waals surface area contributed by atoms with Crippen LogP contribution >= 0.6 is 0 Å². The van der Waals surface area contributed by atoms with Gasteiger partial charge in [0, 0.05) is 37.6 Å². The number of carbonyl (C=O) groups is 2. The Hall–Kier alpha value is -3.09. The van der Waals surface area contributed by atoms with Gasteiger partial charge in [-0.05, 0) is 45.0 Å². The van der Waals surface area contributed by atoms with Gasteiger partial charge in [0.1, 0.15) is 18.1 Å². The Bertz CT molecular complexity index is 788. The van der Waals surface area contributed by atoms with Crippen LogP contribution < -0.4 is 15.0 Å². The Morgan fingerprint density at radius 2 is 1.82 bits per heavy atom. The van der Waals surface area contributed by atoms with Crippen molar-refractivity contribution in [1.82, 2.24) is 9.88 Å². The highest BCUT2D eigenvalue weighted by Gasteiger charge is 2.18. The highest BCUT2D eigenvalue weighted by Crippen LogP contribution is 2.17. The summed E-state index contributed by atoms with van der Waals surface area (Å²) in [4.78, 5) is 33.1. The van der Waals surface area contributed by atoms with E-state index in [0.717, 1.165) is 18.9 Å². The van der Waals surface area contributed by atoms with Crippen molar-refractivity contribution in [2.45, 2.75) is 20.8 Å². The van der Waals surface area contributed by atoms with E-state index in [4.69, 9.17) is 4.74 Å². The molecule has 0 unspecified atom stereocenters. The molecule has 0 saturated carbocycles. The predicted molar refractivity (Wildman–Crippen MR) is 111 cm³/mol. The second-order valence-electron chi connectivity index (χ2n) is 6.18. The van der Waals surface area contributed by atoms with Gasteiger partial charge in [0.2, 0.25) is 5.91 Å². The minimum Gasteiger partial charge on any atom is -0.497 e. The molecule has 0 bridgehead atoms. The molecule has 2 amide bonds. The molecule has 0 fully saturated rings. The van der Waals surface area contributed by atoms with Gasteiger partial charge in [-0.25, -0.2) is 4.98 Å². The molecule has 0 radical (unpaired) electrons. The molecule has 2 aromatic rings. The number of likely N-dealkylation sites (N-methyl/N-ethyl adjacent to an activating group) is 1. The molecule has 0 spiro atoms. The third kappa shape index (κ3) is 5.45. The lowest BCUT2D eigenvalue weighted by molar-refractivity contribution is -0.116. The number of aromatic nitrogens is 1. The molecule has 28 heavy (non-hydrogen) atoms. The lowest BCUT2D eigenvalue weighted by Gasteiger charge is -2.22. The monoisotopic (exact) mass is 384 g/mol. The minimum atomic E-state index is -0.267. The van der Waals surface area contributed by atoms with Crippen LogP contribution in [0.25, 0.3) is 0 Å². The third-order valence-electron chi connectivity index (χ3n) is 4.44. The summed E-state index contributed by atoms with van der Waals surface area (Å²) < 4.78 is 5.15. The molecule has 0 aliphatic carbocycles. The van der Waals surface area contributed by atoms with Crippen molar-refractivity contribution >= 4 is 23.3 Å². The van der Waals surface area contributed by atoms with E-state index in [-0.39, 0.29) is 18.4 Å². The summed E-state index contributed by atoms with van der Waals surface area (Å²) in [6.07, 6.45) is 1.57. The Kier molecular flexibility index (Phi) is 7.80. The van der Waals surface area contributed by atoms with Gasteiger partial charge in [-0.3, -0.25) is 9.59 Å². The summed E-state index contributed by atoms with van der Waals surface area (Å²) in [6.45, 7) is 8.04. The van der Waals surface area contributed by atoms with E-state index in [1.807, 2.05) is 13.0 Å². The van der Waals surface area contributed by atoms with E-state index in [2.05, 4.69) is 29.0 Å². The van der Waals surface area contributed by atoms with Crippen LogP contribution in [-0.2, 0) is 4.79 Å². The number of pyridine rings is 1. The van der Waals surface area contributed by atoms with E-state index in [1.54, 1.807) is 43.6 Å². The Balaban J connectivity index is 2.03. The molecule has 1 aromatic carbocycles. The quantitative estimate of drug-likeness (QED) is 0.719. The second-order valence-corrected chi connectivity index (χ2v) is 6.18. The summed E-state index contributed by atoms with van der Waals surface area (Å²) >= 11 is 0. The molecule has 1 N–H and O–H groups in total. The van der Waals surface area contributed by atoms with Crippen LogP contribution in [0.2, 0.25) is 0 Å². The summed E-state index contributed by atoms with van der Waals surface area (Å²) in [6, 6.07) is 10.7. The fourth-order valence-electron chi connectivity index (χ4n) is 2.83.